The van der Waals surface area contributed by atoms with Gasteiger partial charge >= 0.3 is 0 Å². The highest BCUT2D eigenvalue weighted by Crippen LogP contribution is 2.27. The first-order chi connectivity index (χ1) is 14.5. The van der Waals surface area contributed by atoms with Crippen LogP contribution in [0.3, 0.4) is 0 Å². The van der Waals surface area contributed by atoms with Crippen LogP contribution < -0.4 is 15.5 Å². The van der Waals surface area contributed by atoms with Crippen molar-refractivity contribution >= 4 is 52.1 Å². The van der Waals surface area contributed by atoms with Crippen LogP contribution in [0.1, 0.15) is 30.1 Å². The van der Waals surface area contributed by atoms with Crippen LogP contribution in [0.15, 0.2) is 48.5 Å². The molecule has 1 aliphatic rings. The molecule has 1 fully saturated rings. The van der Waals surface area contributed by atoms with E-state index in [0.29, 0.717) is 43.2 Å². The monoisotopic (exact) mass is 444 g/mol. The normalized spacial score (nSPS) is 13.7. The van der Waals surface area contributed by atoms with Crippen LogP contribution in [0.4, 0.5) is 11.4 Å². The Morgan fingerprint density at radius 1 is 1.03 bits per heavy atom. The summed E-state index contributed by atoms with van der Waals surface area (Å²) in [4.78, 5) is 28.6. The molecular weight excluding hydrogens is 420 g/mol. The molecule has 0 aromatic heterocycles. The third-order valence-electron chi connectivity index (χ3n) is 4.88. The average Bonchev–Trinajstić information content (AvgIpc) is 2.74. The maximum absolute atomic E-state index is 12.7. The smallest absolute Gasteiger partial charge is 0.253 e. The third-order valence-corrected chi connectivity index (χ3v) is 5.34. The minimum atomic E-state index is -0.0955. The van der Waals surface area contributed by atoms with Gasteiger partial charge in [0.25, 0.3) is 5.91 Å². The Balaban J connectivity index is 1.61. The van der Waals surface area contributed by atoms with Crippen LogP contribution in [0.5, 0.6) is 0 Å². The van der Waals surface area contributed by atoms with Crippen molar-refractivity contribution in [3.8, 4) is 0 Å². The Labute approximate surface area is 187 Å². The van der Waals surface area contributed by atoms with Crippen LogP contribution in [0.25, 0.3) is 0 Å². The first kappa shape index (κ1) is 22.1. The maximum Gasteiger partial charge on any atom is 0.253 e. The molecule has 0 atom stereocenters. The molecule has 0 unspecified atom stereocenters. The number of amides is 2. The number of nitrogens with one attached hydrogen (secondary N) is 2. The summed E-state index contributed by atoms with van der Waals surface area (Å²) in [6, 6.07) is 14.8. The molecule has 2 amide bonds. The molecular formula is C22H25ClN4O2S. The Hall–Kier alpha value is -2.64. The number of hydrogen-bond acceptors (Lipinski definition) is 4. The zero-order valence-electron chi connectivity index (χ0n) is 16.9. The molecule has 0 bridgehead atoms. The van der Waals surface area contributed by atoms with Gasteiger partial charge in [0.1, 0.15) is 0 Å². The topological polar surface area (TPSA) is 64.7 Å². The van der Waals surface area contributed by atoms with E-state index >= 15 is 0 Å². The molecule has 0 spiro atoms. The number of halogens is 1. The van der Waals surface area contributed by atoms with Crippen LogP contribution in [0, 0.1) is 0 Å². The number of rotatable bonds is 5. The van der Waals surface area contributed by atoms with E-state index in [1.807, 2.05) is 36.1 Å². The summed E-state index contributed by atoms with van der Waals surface area (Å²) < 4.78 is 0. The van der Waals surface area contributed by atoms with Crippen molar-refractivity contribution in [2.45, 2.75) is 19.8 Å². The third kappa shape index (κ3) is 5.70. The van der Waals surface area contributed by atoms with Crippen LogP contribution >= 0.6 is 23.8 Å². The summed E-state index contributed by atoms with van der Waals surface area (Å²) in [6.45, 7) is 4.59. The predicted molar refractivity (Wildman–Crippen MR) is 125 cm³/mol. The Morgan fingerprint density at radius 3 is 2.37 bits per heavy atom. The van der Waals surface area contributed by atoms with Gasteiger partial charge in [-0.2, -0.15) is 0 Å². The molecule has 8 heteroatoms. The van der Waals surface area contributed by atoms with Gasteiger partial charge in [0, 0.05) is 43.2 Å². The maximum atomic E-state index is 12.7. The minimum Gasteiger partial charge on any atom is -0.366 e. The highest BCUT2D eigenvalue weighted by atomic mass is 35.5. The number of carbonyl (C=O) groups is 2. The van der Waals surface area contributed by atoms with Crippen LogP contribution in [-0.4, -0.2) is 48.0 Å². The van der Waals surface area contributed by atoms with Crippen molar-refractivity contribution in [3.05, 3.63) is 59.1 Å². The fraction of sp³-hybridized carbons (Fsp3) is 0.318. The van der Waals surface area contributed by atoms with Gasteiger partial charge in [0.05, 0.1) is 11.4 Å². The molecule has 0 aliphatic carbocycles. The van der Waals surface area contributed by atoms with E-state index in [1.165, 1.54) is 0 Å². The number of nitrogens with zero attached hydrogens (tertiary/aromatic N) is 2. The molecule has 1 heterocycles. The second kappa shape index (κ2) is 10.4. The molecule has 0 saturated carbocycles. The number of thiocarbonyl (C=S) groups is 1. The van der Waals surface area contributed by atoms with E-state index in [-0.39, 0.29) is 16.9 Å². The first-order valence-electron chi connectivity index (χ1n) is 9.97. The fourth-order valence-corrected chi connectivity index (χ4v) is 3.70. The number of carbonyl (C=O) groups excluding carboxylic acids is 2. The lowest BCUT2D eigenvalue weighted by Crippen LogP contribution is -2.49. The lowest BCUT2D eigenvalue weighted by molar-refractivity contribution is -0.119. The highest BCUT2D eigenvalue weighted by molar-refractivity contribution is 7.80. The minimum absolute atomic E-state index is 0.0116. The zero-order valence-corrected chi connectivity index (χ0v) is 18.4. The molecule has 2 N–H and O–H groups in total. The van der Waals surface area contributed by atoms with Crippen molar-refractivity contribution in [1.82, 2.24) is 10.2 Å². The van der Waals surface area contributed by atoms with E-state index in [9.17, 15) is 9.59 Å². The highest BCUT2D eigenvalue weighted by Gasteiger charge is 2.23. The largest absolute Gasteiger partial charge is 0.366 e. The van der Waals surface area contributed by atoms with Crippen molar-refractivity contribution < 1.29 is 9.59 Å². The molecule has 30 heavy (non-hydrogen) atoms. The molecule has 1 saturated heterocycles. The van der Waals surface area contributed by atoms with E-state index in [2.05, 4.69) is 15.5 Å². The van der Waals surface area contributed by atoms with Crippen molar-refractivity contribution in [2.24, 2.45) is 0 Å². The second-order valence-electron chi connectivity index (χ2n) is 7.06. The Kier molecular flexibility index (Phi) is 7.65. The van der Waals surface area contributed by atoms with Crippen molar-refractivity contribution in [3.63, 3.8) is 0 Å². The SMILES string of the molecule is CCCC(=O)NC(=S)Nc1ccccc1N1CCN(C(=O)c2ccc(Cl)cc2)CC1. The molecule has 3 rings (SSSR count). The first-order valence-corrected chi connectivity index (χ1v) is 10.8. The number of benzene rings is 2. The number of hydrogen-bond donors (Lipinski definition) is 2. The Bertz CT molecular complexity index is 912. The second-order valence-corrected chi connectivity index (χ2v) is 7.90. The van der Waals surface area contributed by atoms with Gasteiger partial charge < -0.3 is 20.4 Å². The van der Waals surface area contributed by atoms with Gasteiger partial charge in [0.2, 0.25) is 5.91 Å². The fourth-order valence-electron chi connectivity index (χ4n) is 3.35. The predicted octanol–water partition coefficient (Wildman–Crippen LogP) is 3.92. The average molecular weight is 445 g/mol. The molecule has 6 nitrogen and oxygen atoms in total. The Morgan fingerprint density at radius 2 is 1.70 bits per heavy atom. The van der Waals surface area contributed by atoms with E-state index < -0.39 is 0 Å². The van der Waals surface area contributed by atoms with Crippen LogP contribution in [-0.2, 0) is 4.79 Å². The van der Waals surface area contributed by atoms with Gasteiger partial charge in [-0.3, -0.25) is 9.59 Å². The summed E-state index contributed by atoms with van der Waals surface area (Å²) in [6.07, 6.45) is 1.21. The number of para-hydroxylation sites is 2. The summed E-state index contributed by atoms with van der Waals surface area (Å²) in [5.41, 5.74) is 2.46. The lowest BCUT2D eigenvalue weighted by Gasteiger charge is -2.37. The van der Waals surface area contributed by atoms with Gasteiger partial charge in [0.15, 0.2) is 5.11 Å². The number of piperazine rings is 1. The summed E-state index contributed by atoms with van der Waals surface area (Å²) in [5.74, 6) is -0.0839. The van der Waals surface area contributed by atoms with E-state index in [1.54, 1.807) is 24.3 Å². The quantitative estimate of drug-likeness (QED) is 0.684. The van der Waals surface area contributed by atoms with Gasteiger partial charge in [-0.15, -0.1) is 0 Å². The molecule has 2 aromatic carbocycles. The van der Waals surface area contributed by atoms with Gasteiger partial charge in [-0.25, -0.2) is 0 Å². The number of anilines is 2. The van der Waals surface area contributed by atoms with Crippen LogP contribution in [0.2, 0.25) is 5.02 Å². The van der Waals surface area contributed by atoms with Gasteiger partial charge in [-0.1, -0.05) is 30.7 Å². The molecule has 1 aliphatic heterocycles. The lowest BCUT2D eigenvalue weighted by atomic mass is 10.1. The van der Waals surface area contributed by atoms with Crippen molar-refractivity contribution in [1.29, 1.82) is 0 Å². The zero-order chi connectivity index (χ0) is 21.5. The molecule has 2 aromatic rings. The standard InChI is InChI=1S/C22H25ClN4O2S/c1-2-5-20(28)25-22(30)24-18-6-3-4-7-19(18)26-12-14-27(15-13-26)21(29)16-8-10-17(23)11-9-16/h3-4,6-11H,2,5,12-15H2,1H3,(H2,24,25,28,30). The molecule has 0 radical (unpaired) electrons. The van der Waals surface area contributed by atoms with E-state index in [0.717, 1.165) is 17.8 Å². The summed E-state index contributed by atoms with van der Waals surface area (Å²) >= 11 is 11.2. The summed E-state index contributed by atoms with van der Waals surface area (Å²) in [5, 5.41) is 6.74. The summed E-state index contributed by atoms with van der Waals surface area (Å²) in [7, 11) is 0. The van der Waals surface area contributed by atoms with E-state index in [4.69, 9.17) is 23.8 Å². The van der Waals surface area contributed by atoms with Crippen molar-refractivity contribution in [2.75, 3.05) is 36.4 Å². The molecule has 158 valence electrons. The van der Waals surface area contributed by atoms with Gasteiger partial charge in [-0.05, 0) is 55.0 Å².